The molecule has 0 bridgehead atoms. The van der Waals surface area contributed by atoms with Crippen molar-refractivity contribution in [3.63, 3.8) is 0 Å². The minimum Gasteiger partial charge on any atom is -0.271 e. The number of hydrogen-bond donors (Lipinski definition) is 2. The first-order chi connectivity index (χ1) is 10.2. The molecule has 2 aromatic carbocycles. The summed E-state index contributed by atoms with van der Waals surface area (Å²) in [6, 6.07) is 17.1. The van der Waals surface area contributed by atoms with Crippen molar-refractivity contribution < 1.29 is 0 Å². The quantitative estimate of drug-likeness (QED) is 0.652. The largest absolute Gasteiger partial charge is 0.271 e. The highest BCUT2D eigenvalue weighted by atomic mass is 35.5. The van der Waals surface area contributed by atoms with E-state index in [2.05, 4.69) is 54.8 Å². The number of hydrazine groups is 1. The summed E-state index contributed by atoms with van der Waals surface area (Å²) in [7, 11) is 0. The minimum atomic E-state index is 0.157. The third-order valence-corrected chi connectivity index (χ3v) is 4.99. The van der Waals surface area contributed by atoms with Gasteiger partial charge < -0.3 is 0 Å². The van der Waals surface area contributed by atoms with Crippen molar-refractivity contribution >= 4 is 11.6 Å². The molecule has 1 saturated carbocycles. The normalized spacial score (nSPS) is 17.5. The fourth-order valence-corrected chi connectivity index (χ4v) is 3.51. The summed E-state index contributed by atoms with van der Waals surface area (Å²) in [5, 5.41) is 0.833. The summed E-state index contributed by atoms with van der Waals surface area (Å²) in [6.45, 7) is 2.06. The molecule has 110 valence electrons. The molecular weight excluding hydrogens is 280 g/mol. The Morgan fingerprint density at radius 2 is 1.90 bits per heavy atom. The monoisotopic (exact) mass is 300 g/mol. The van der Waals surface area contributed by atoms with Crippen LogP contribution in [0.5, 0.6) is 0 Å². The molecule has 0 amide bonds. The molecule has 3 N–H and O–H groups in total. The predicted molar refractivity (Wildman–Crippen MR) is 88.4 cm³/mol. The van der Waals surface area contributed by atoms with E-state index in [0.717, 1.165) is 17.0 Å². The second-order valence-electron chi connectivity index (χ2n) is 6.04. The highest BCUT2D eigenvalue weighted by Gasteiger charge is 2.50. The van der Waals surface area contributed by atoms with Crippen molar-refractivity contribution in [1.29, 1.82) is 0 Å². The summed E-state index contributed by atoms with van der Waals surface area (Å²) >= 11 is 6.38. The van der Waals surface area contributed by atoms with E-state index in [9.17, 15) is 0 Å². The third-order valence-electron chi connectivity index (χ3n) is 4.64. The van der Waals surface area contributed by atoms with E-state index in [1.807, 2.05) is 6.07 Å². The molecule has 0 heterocycles. The maximum atomic E-state index is 6.38. The van der Waals surface area contributed by atoms with Crippen LogP contribution in [-0.4, -0.2) is 6.04 Å². The van der Waals surface area contributed by atoms with Crippen LogP contribution >= 0.6 is 11.6 Å². The molecule has 3 heteroatoms. The van der Waals surface area contributed by atoms with Crippen molar-refractivity contribution in [3.05, 3.63) is 70.2 Å². The van der Waals surface area contributed by atoms with Gasteiger partial charge in [0.25, 0.3) is 0 Å². The Hall–Kier alpha value is -1.35. The predicted octanol–water partition coefficient (Wildman–Crippen LogP) is 3.75. The summed E-state index contributed by atoms with van der Waals surface area (Å²) in [5.74, 6) is 5.87. The molecule has 0 aromatic heterocycles. The van der Waals surface area contributed by atoms with Crippen molar-refractivity contribution in [3.8, 4) is 0 Å². The number of nitrogens with one attached hydrogen (secondary N) is 1. The summed E-state index contributed by atoms with van der Waals surface area (Å²) < 4.78 is 0. The van der Waals surface area contributed by atoms with Crippen LogP contribution in [0.3, 0.4) is 0 Å². The maximum Gasteiger partial charge on any atom is 0.0441 e. The lowest BCUT2D eigenvalue weighted by molar-refractivity contribution is 0.421. The van der Waals surface area contributed by atoms with Gasteiger partial charge in [-0.2, -0.15) is 0 Å². The smallest absolute Gasteiger partial charge is 0.0441 e. The van der Waals surface area contributed by atoms with Gasteiger partial charge in [-0.25, -0.2) is 0 Å². The lowest BCUT2D eigenvalue weighted by Crippen LogP contribution is -2.45. The first-order valence-corrected chi connectivity index (χ1v) is 7.80. The van der Waals surface area contributed by atoms with Crippen LogP contribution in [0.15, 0.2) is 48.5 Å². The zero-order valence-electron chi connectivity index (χ0n) is 12.3. The fraction of sp³-hybridized carbons (Fsp3) is 0.333. The molecule has 1 aliphatic carbocycles. The van der Waals surface area contributed by atoms with Gasteiger partial charge in [0.05, 0.1) is 0 Å². The van der Waals surface area contributed by atoms with E-state index in [1.54, 1.807) is 0 Å². The Kier molecular flexibility index (Phi) is 4.03. The van der Waals surface area contributed by atoms with Gasteiger partial charge >= 0.3 is 0 Å². The lowest BCUT2D eigenvalue weighted by atomic mass is 9.84. The zero-order chi connectivity index (χ0) is 14.9. The van der Waals surface area contributed by atoms with Gasteiger partial charge in [0.2, 0.25) is 0 Å². The van der Waals surface area contributed by atoms with Crippen LogP contribution in [-0.2, 0) is 11.8 Å². The van der Waals surface area contributed by atoms with Crippen molar-refractivity contribution in [1.82, 2.24) is 5.43 Å². The third kappa shape index (κ3) is 2.84. The highest BCUT2D eigenvalue weighted by Crippen LogP contribution is 2.51. The van der Waals surface area contributed by atoms with E-state index in [4.69, 9.17) is 17.4 Å². The molecule has 0 spiro atoms. The molecule has 2 nitrogen and oxygen atoms in total. The SMILES string of the molecule is Cc1ccc(CC(NN)C2(c3ccccc3)CC2)c(Cl)c1. The number of nitrogens with two attached hydrogens (primary N) is 1. The second kappa shape index (κ2) is 5.80. The molecule has 2 aromatic rings. The minimum absolute atomic E-state index is 0.157. The number of hydrogen-bond acceptors (Lipinski definition) is 2. The summed E-state index contributed by atoms with van der Waals surface area (Å²) in [5.41, 5.74) is 6.91. The molecule has 1 aliphatic rings. The van der Waals surface area contributed by atoms with Gasteiger partial charge in [-0.05, 0) is 48.9 Å². The van der Waals surface area contributed by atoms with Crippen LogP contribution in [0.1, 0.15) is 29.5 Å². The zero-order valence-corrected chi connectivity index (χ0v) is 13.0. The van der Waals surface area contributed by atoms with Crippen LogP contribution < -0.4 is 11.3 Å². The average Bonchev–Trinajstić information content (AvgIpc) is 3.29. The highest BCUT2D eigenvalue weighted by molar-refractivity contribution is 6.31. The standard InChI is InChI=1S/C18H21ClN2/c1-13-7-8-14(16(19)11-13)12-17(21-20)18(9-10-18)15-5-3-2-4-6-15/h2-8,11,17,21H,9-10,12,20H2,1H3. The Labute approximate surface area is 131 Å². The van der Waals surface area contributed by atoms with E-state index in [0.29, 0.717) is 0 Å². The van der Waals surface area contributed by atoms with Gasteiger partial charge in [-0.1, -0.05) is 54.1 Å². The first kappa shape index (κ1) is 14.6. The Morgan fingerprint density at radius 3 is 2.48 bits per heavy atom. The van der Waals surface area contributed by atoms with Crippen molar-refractivity contribution in [2.24, 2.45) is 5.84 Å². The lowest BCUT2D eigenvalue weighted by Gasteiger charge is -2.27. The second-order valence-corrected chi connectivity index (χ2v) is 6.45. The number of benzene rings is 2. The van der Waals surface area contributed by atoms with Crippen LogP contribution in [0, 0.1) is 6.92 Å². The van der Waals surface area contributed by atoms with Crippen LogP contribution in [0.4, 0.5) is 0 Å². The molecule has 0 radical (unpaired) electrons. The Balaban J connectivity index is 1.86. The van der Waals surface area contributed by atoms with E-state index < -0.39 is 0 Å². The average molecular weight is 301 g/mol. The van der Waals surface area contributed by atoms with Gasteiger partial charge in [0.15, 0.2) is 0 Å². The molecular formula is C18H21ClN2. The molecule has 3 rings (SSSR count). The fourth-order valence-electron chi connectivity index (χ4n) is 3.19. The van der Waals surface area contributed by atoms with E-state index in [-0.39, 0.29) is 11.5 Å². The van der Waals surface area contributed by atoms with Crippen molar-refractivity contribution in [2.75, 3.05) is 0 Å². The number of aryl methyl sites for hydroxylation is 1. The van der Waals surface area contributed by atoms with Crippen molar-refractivity contribution in [2.45, 2.75) is 37.6 Å². The Morgan fingerprint density at radius 1 is 1.19 bits per heavy atom. The molecule has 1 atom stereocenters. The van der Waals surface area contributed by atoms with E-state index in [1.165, 1.54) is 24.0 Å². The Bertz CT molecular complexity index is 620. The molecule has 0 saturated heterocycles. The number of halogens is 1. The molecule has 0 aliphatic heterocycles. The molecule has 21 heavy (non-hydrogen) atoms. The van der Waals surface area contributed by atoms with Gasteiger partial charge in [-0.15, -0.1) is 0 Å². The van der Waals surface area contributed by atoms with Crippen LogP contribution in [0.25, 0.3) is 0 Å². The van der Waals surface area contributed by atoms with E-state index >= 15 is 0 Å². The number of rotatable bonds is 5. The van der Waals surface area contributed by atoms with Gasteiger partial charge in [-0.3, -0.25) is 11.3 Å². The summed E-state index contributed by atoms with van der Waals surface area (Å²) in [4.78, 5) is 0. The topological polar surface area (TPSA) is 38.0 Å². The summed E-state index contributed by atoms with van der Waals surface area (Å²) in [6.07, 6.45) is 3.20. The van der Waals surface area contributed by atoms with Gasteiger partial charge in [0, 0.05) is 16.5 Å². The first-order valence-electron chi connectivity index (χ1n) is 7.42. The molecule has 1 fully saturated rings. The molecule has 1 unspecified atom stereocenters. The maximum absolute atomic E-state index is 6.38. The van der Waals surface area contributed by atoms with Crippen LogP contribution in [0.2, 0.25) is 5.02 Å². The van der Waals surface area contributed by atoms with Gasteiger partial charge in [0.1, 0.15) is 0 Å².